The molecular formula is C33H36N4. The summed E-state index contributed by atoms with van der Waals surface area (Å²) in [5.74, 6) is 19.2. The van der Waals surface area contributed by atoms with Crippen molar-refractivity contribution in [2.75, 3.05) is 58.9 Å². The molecule has 0 bridgehead atoms. The fourth-order valence-corrected chi connectivity index (χ4v) is 3.50. The van der Waals surface area contributed by atoms with Crippen LogP contribution in [-0.2, 0) is 0 Å². The van der Waals surface area contributed by atoms with Crippen molar-refractivity contribution >= 4 is 0 Å². The summed E-state index contributed by atoms with van der Waals surface area (Å²) in [4.78, 5) is 2.45. The maximum absolute atomic E-state index is 3.44. The zero-order chi connectivity index (χ0) is 25.6. The Morgan fingerprint density at radius 1 is 0.432 bits per heavy atom. The molecule has 4 heteroatoms. The molecule has 0 amide bonds. The van der Waals surface area contributed by atoms with E-state index in [2.05, 4.69) is 56.4 Å². The van der Waals surface area contributed by atoms with E-state index in [-0.39, 0.29) is 0 Å². The molecule has 0 atom stereocenters. The van der Waals surface area contributed by atoms with Gasteiger partial charge in [-0.05, 0) is 36.4 Å². The second-order valence-electron chi connectivity index (χ2n) is 8.38. The Bertz CT molecular complexity index is 1030. The lowest BCUT2D eigenvalue weighted by Crippen LogP contribution is -2.40. The predicted molar refractivity (Wildman–Crippen MR) is 155 cm³/mol. The van der Waals surface area contributed by atoms with Gasteiger partial charge >= 0.3 is 0 Å². The largest absolute Gasteiger partial charge is 0.305 e. The minimum absolute atomic E-state index is 0.684. The van der Waals surface area contributed by atoms with Crippen molar-refractivity contribution < 1.29 is 0 Å². The van der Waals surface area contributed by atoms with Crippen LogP contribution in [0.15, 0.2) is 91.0 Å². The van der Waals surface area contributed by atoms with Gasteiger partial charge in [-0.3, -0.25) is 4.90 Å². The van der Waals surface area contributed by atoms with Gasteiger partial charge in [-0.15, -0.1) is 0 Å². The SMILES string of the molecule is C(#Cc1ccccc1)CNCCN(CCNCC#Cc1ccccc1)CCNCC#Cc1ccccc1. The van der Waals surface area contributed by atoms with Crippen molar-refractivity contribution in [2.45, 2.75) is 0 Å². The summed E-state index contributed by atoms with van der Waals surface area (Å²) < 4.78 is 0. The van der Waals surface area contributed by atoms with Gasteiger partial charge in [-0.2, -0.15) is 0 Å². The first kappa shape index (κ1) is 27.8. The van der Waals surface area contributed by atoms with E-state index in [9.17, 15) is 0 Å². The molecule has 0 spiro atoms. The van der Waals surface area contributed by atoms with Crippen LogP contribution in [0.4, 0.5) is 0 Å². The van der Waals surface area contributed by atoms with Crippen LogP contribution in [0.3, 0.4) is 0 Å². The van der Waals surface area contributed by atoms with Crippen LogP contribution in [0.25, 0.3) is 0 Å². The van der Waals surface area contributed by atoms with Gasteiger partial charge in [0.1, 0.15) is 0 Å². The van der Waals surface area contributed by atoms with Gasteiger partial charge in [0.15, 0.2) is 0 Å². The minimum Gasteiger partial charge on any atom is -0.305 e. The van der Waals surface area contributed by atoms with E-state index in [1.165, 1.54) is 0 Å². The van der Waals surface area contributed by atoms with Crippen molar-refractivity contribution in [3.05, 3.63) is 108 Å². The summed E-state index contributed by atoms with van der Waals surface area (Å²) in [6, 6.07) is 30.3. The Kier molecular flexibility index (Phi) is 13.8. The molecule has 188 valence electrons. The number of benzene rings is 3. The first-order valence-corrected chi connectivity index (χ1v) is 12.9. The quantitative estimate of drug-likeness (QED) is 0.271. The van der Waals surface area contributed by atoms with E-state index in [4.69, 9.17) is 0 Å². The van der Waals surface area contributed by atoms with Crippen molar-refractivity contribution in [2.24, 2.45) is 0 Å². The highest BCUT2D eigenvalue weighted by Crippen LogP contribution is 1.96. The van der Waals surface area contributed by atoms with Crippen molar-refractivity contribution in [3.8, 4) is 35.5 Å². The lowest BCUT2D eigenvalue weighted by molar-refractivity contribution is 0.276. The number of nitrogens with zero attached hydrogens (tertiary/aromatic N) is 1. The van der Waals surface area contributed by atoms with E-state index in [0.29, 0.717) is 19.6 Å². The van der Waals surface area contributed by atoms with E-state index < -0.39 is 0 Å². The van der Waals surface area contributed by atoms with Gasteiger partial charge < -0.3 is 16.0 Å². The third-order valence-corrected chi connectivity index (χ3v) is 5.47. The maximum atomic E-state index is 3.44. The molecule has 0 fully saturated rings. The van der Waals surface area contributed by atoms with Crippen molar-refractivity contribution in [1.29, 1.82) is 0 Å². The number of hydrogen-bond donors (Lipinski definition) is 3. The Labute approximate surface area is 222 Å². The average Bonchev–Trinajstić information content (AvgIpc) is 2.95. The zero-order valence-electron chi connectivity index (χ0n) is 21.5. The van der Waals surface area contributed by atoms with E-state index in [0.717, 1.165) is 56.0 Å². The lowest BCUT2D eigenvalue weighted by Gasteiger charge is -2.22. The van der Waals surface area contributed by atoms with Gasteiger partial charge in [0.25, 0.3) is 0 Å². The predicted octanol–water partition coefficient (Wildman–Crippen LogP) is 3.21. The van der Waals surface area contributed by atoms with E-state index in [1.807, 2.05) is 91.0 Å². The number of rotatable bonds is 12. The third-order valence-electron chi connectivity index (χ3n) is 5.47. The van der Waals surface area contributed by atoms with Crippen LogP contribution in [0.1, 0.15) is 16.7 Å². The van der Waals surface area contributed by atoms with Crippen LogP contribution < -0.4 is 16.0 Å². The summed E-state index contributed by atoms with van der Waals surface area (Å²) in [6.45, 7) is 7.61. The fourth-order valence-electron chi connectivity index (χ4n) is 3.50. The van der Waals surface area contributed by atoms with Crippen molar-refractivity contribution in [3.63, 3.8) is 0 Å². The lowest BCUT2D eigenvalue weighted by atomic mass is 10.2. The molecule has 3 rings (SSSR count). The van der Waals surface area contributed by atoms with Crippen LogP contribution in [0, 0.1) is 35.5 Å². The van der Waals surface area contributed by atoms with Crippen LogP contribution in [0.5, 0.6) is 0 Å². The number of nitrogens with one attached hydrogen (secondary N) is 3. The van der Waals surface area contributed by atoms with Gasteiger partial charge in [0.2, 0.25) is 0 Å². The Balaban J connectivity index is 1.36. The molecule has 0 saturated carbocycles. The number of hydrogen-bond acceptors (Lipinski definition) is 4. The summed E-state index contributed by atoms with van der Waals surface area (Å²) in [5.41, 5.74) is 3.15. The molecule has 0 heterocycles. The highest BCUT2D eigenvalue weighted by atomic mass is 15.2. The Morgan fingerprint density at radius 3 is 1.03 bits per heavy atom. The second-order valence-corrected chi connectivity index (χ2v) is 8.38. The summed E-state index contributed by atoms with van der Waals surface area (Å²) in [6.07, 6.45) is 0. The van der Waals surface area contributed by atoms with Crippen LogP contribution in [0.2, 0.25) is 0 Å². The molecule has 0 aliphatic heterocycles. The Morgan fingerprint density at radius 2 is 0.730 bits per heavy atom. The van der Waals surface area contributed by atoms with Crippen LogP contribution in [-0.4, -0.2) is 63.8 Å². The molecule has 0 unspecified atom stereocenters. The standard InChI is InChI=1S/C33H36N4/c1-4-13-31(14-5-1)19-10-22-34-25-28-37(29-26-35-23-11-20-32-15-6-2-7-16-32)30-27-36-24-12-21-33-17-8-3-9-18-33/h1-9,13-18,34-36H,22-30H2. The Hall–Kier alpha value is -3.82. The molecule has 0 aliphatic rings. The second kappa shape index (κ2) is 18.4. The molecular weight excluding hydrogens is 452 g/mol. The maximum Gasteiger partial charge on any atom is 0.0580 e. The molecule has 0 aliphatic carbocycles. The molecule has 3 N–H and O–H groups in total. The summed E-state index contributed by atoms with van der Waals surface area (Å²) in [5, 5.41) is 10.3. The molecule has 3 aromatic carbocycles. The van der Waals surface area contributed by atoms with Gasteiger partial charge in [0.05, 0.1) is 19.6 Å². The van der Waals surface area contributed by atoms with Crippen LogP contribution >= 0.6 is 0 Å². The molecule has 4 nitrogen and oxygen atoms in total. The highest BCUT2D eigenvalue weighted by Gasteiger charge is 2.03. The first-order valence-electron chi connectivity index (χ1n) is 12.9. The molecule has 0 saturated heterocycles. The normalized spacial score (nSPS) is 9.97. The third kappa shape index (κ3) is 13.2. The fraction of sp³-hybridized carbons (Fsp3) is 0.273. The van der Waals surface area contributed by atoms with Gasteiger partial charge in [-0.1, -0.05) is 90.1 Å². The highest BCUT2D eigenvalue weighted by molar-refractivity contribution is 5.35. The van der Waals surface area contributed by atoms with E-state index in [1.54, 1.807) is 0 Å². The topological polar surface area (TPSA) is 39.3 Å². The summed E-state index contributed by atoms with van der Waals surface area (Å²) in [7, 11) is 0. The first-order chi connectivity index (χ1) is 18.4. The van der Waals surface area contributed by atoms with E-state index >= 15 is 0 Å². The summed E-state index contributed by atoms with van der Waals surface area (Å²) >= 11 is 0. The minimum atomic E-state index is 0.684. The average molecular weight is 489 g/mol. The van der Waals surface area contributed by atoms with Gasteiger partial charge in [-0.25, -0.2) is 0 Å². The molecule has 37 heavy (non-hydrogen) atoms. The smallest absolute Gasteiger partial charge is 0.0580 e. The van der Waals surface area contributed by atoms with Gasteiger partial charge in [0, 0.05) is 56.0 Å². The molecule has 3 aromatic rings. The van der Waals surface area contributed by atoms with Crippen molar-refractivity contribution in [1.82, 2.24) is 20.9 Å². The monoisotopic (exact) mass is 488 g/mol. The zero-order valence-corrected chi connectivity index (χ0v) is 21.5. The molecule has 0 aromatic heterocycles. The molecule has 0 radical (unpaired) electrons.